The summed E-state index contributed by atoms with van der Waals surface area (Å²) in [4.78, 5) is 34.5. The van der Waals surface area contributed by atoms with Gasteiger partial charge in [0.1, 0.15) is 12.4 Å². The number of benzene rings is 2. The number of halogens is 3. The van der Waals surface area contributed by atoms with Gasteiger partial charge in [0.25, 0.3) is 15.7 Å². The van der Waals surface area contributed by atoms with Gasteiger partial charge in [0.15, 0.2) is 0 Å². The summed E-state index contributed by atoms with van der Waals surface area (Å²) in [6.45, 7) is 0.0867. The summed E-state index contributed by atoms with van der Waals surface area (Å²) in [5.74, 6) is -0.0875. The zero-order chi connectivity index (χ0) is 17.0. The second kappa shape index (κ2) is 7.59. The maximum atomic E-state index is 11.6. The quantitative estimate of drug-likeness (QED) is 0.706. The molecule has 0 unspecified atom stereocenters. The molecule has 0 N–H and O–H groups in total. The van der Waals surface area contributed by atoms with Gasteiger partial charge in [0.05, 0.1) is 11.1 Å². The highest BCUT2D eigenvalue weighted by Gasteiger charge is 2.22. The van der Waals surface area contributed by atoms with Crippen molar-refractivity contribution in [1.82, 2.24) is 0 Å². The van der Waals surface area contributed by atoms with E-state index in [-0.39, 0.29) is 29.0 Å². The zero-order valence-corrected chi connectivity index (χ0v) is 13.8. The second-order valence-electron chi connectivity index (χ2n) is 4.50. The molecule has 0 saturated carbocycles. The lowest BCUT2D eigenvalue weighted by Crippen LogP contribution is -2.08. The van der Waals surface area contributed by atoms with Crippen molar-refractivity contribution < 1.29 is 19.1 Å². The van der Waals surface area contributed by atoms with Gasteiger partial charge < -0.3 is 4.74 Å². The van der Waals surface area contributed by atoms with E-state index >= 15 is 0 Å². The van der Waals surface area contributed by atoms with E-state index in [1.807, 2.05) is 18.2 Å². The van der Waals surface area contributed by atoms with Gasteiger partial charge in [0.2, 0.25) is 0 Å². The lowest BCUT2D eigenvalue weighted by atomic mass is 10.1. The first kappa shape index (κ1) is 17.5. The summed E-state index contributed by atoms with van der Waals surface area (Å²) in [5.41, 5.74) is 0.425. The molecule has 7 heteroatoms. The summed E-state index contributed by atoms with van der Waals surface area (Å²) < 4.78 is 5.55. The molecule has 0 aliphatic carbocycles. The van der Waals surface area contributed by atoms with Gasteiger partial charge in [-0.05, 0) is 52.5 Å². The molecule has 0 saturated heterocycles. The Labute approximate surface area is 146 Å². The molecule has 4 nitrogen and oxygen atoms in total. The third-order valence-corrected chi connectivity index (χ3v) is 3.59. The van der Waals surface area contributed by atoms with Crippen molar-refractivity contribution in [3.8, 4) is 5.75 Å². The molecule has 0 atom stereocenters. The van der Waals surface area contributed by atoms with Crippen LogP contribution in [0.2, 0.25) is 0 Å². The third-order valence-electron chi connectivity index (χ3n) is 2.97. The van der Waals surface area contributed by atoms with Crippen LogP contribution in [0.3, 0.4) is 0 Å². The SMILES string of the molecule is O=C(Cl)c1cc(C(=O)Cl)c(OCc2ccccc2)c(C(=O)Cl)c1. The van der Waals surface area contributed by atoms with Gasteiger partial charge in [-0.15, -0.1) is 0 Å². The third kappa shape index (κ3) is 4.32. The standard InChI is InChI=1S/C16H9Cl3O4/c17-14(20)10-6-11(15(18)21)13(12(7-10)16(19)22)23-8-9-4-2-1-3-5-9/h1-7H,8H2. The first-order valence-corrected chi connectivity index (χ1v) is 7.47. The topological polar surface area (TPSA) is 60.4 Å². The molecular weight excluding hydrogens is 363 g/mol. The van der Waals surface area contributed by atoms with Crippen molar-refractivity contribution in [2.24, 2.45) is 0 Å². The van der Waals surface area contributed by atoms with E-state index in [9.17, 15) is 14.4 Å². The molecule has 0 heterocycles. The van der Waals surface area contributed by atoms with Crippen LogP contribution in [0, 0.1) is 0 Å². The molecule has 0 spiro atoms. The fourth-order valence-corrected chi connectivity index (χ4v) is 2.31. The minimum absolute atomic E-state index is 0.0771. The second-order valence-corrected chi connectivity index (χ2v) is 5.53. The van der Waals surface area contributed by atoms with Crippen LogP contribution in [0.5, 0.6) is 5.75 Å². The Morgan fingerprint density at radius 1 is 0.826 bits per heavy atom. The van der Waals surface area contributed by atoms with Gasteiger partial charge in [-0.2, -0.15) is 0 Å². The van der Waals surface area contributed by atoms with E-state index in [1.54, 1.807) is 12.1 Å². The monoisotopic (exact) mass is 370 g/mol. The van der Waals surface area contributed by atoms with Crippen LogP contribution in [-0.2, 0) is 6.61 Å². The highest BCUT2D eigenvalue weighted by Crippen LogP contribution is 2.30. The van der Waals surface area contributed by atoms with Crippen molar-refractivity contribution in [2.45, 2.75) is 6.61 Å². The Bertz CT molecular complexity index is 737. The number of carbonyl (C=O) groups is 3. The Hall–Kier alpha value is -1.88. The molecule has 2 aromatic rings. The maximum Gasteiger partial charge on any atom is 0.256 e. The van der Waals surface area contributed by atoms with Crippen molar-refractivity contribution in [2.75, 3.05) is 0 Å². The summed E-state index contributed by atoms with van der Waals surface area (Å²) in [5, 5.41) is -2.64. The fraction of sp³-hybridized carbons (Fsp3) is 0.0625. The van der Waals surface area contributed by atoms with E-state index in [1.165, 1.54) is 0 Å². The summed E-state index contributed by atoms with van der Waals surface area (Å²) in [6.07, 6.45) is 0. The van der Waals surface area contributed by atoms with E-state index in [0.29, 0.717) is 0 Å². The number of hydrogen-bond acceptors (Lipinski definition) is 4. The molecule has 0 amide bonds. The van der Waals surface area contributed by atoms with Crippen LogP contribution < -0.4 is 4.74 Å². The van der Waals surface area contributed by atoms with E-state index < -0.39 is 15.7 Å². The number of ether oxygens (including phenoxy) is 1. The summed E-state index contributed by atoms with van der Waals surface area (Å²) >= 11 is 16.4. The summed E-state index contributed by atoms with van der Waals surface area (Å²) in [6, 6.07) is 11.4. The minimum atomic E-state index is -0.896. The van der Waals surface area contributed by atoms with Crippen molar-refractivity contribution in [3.63, 3.8) is 0 Å². The minimum Gasteiger partial charge on any atom is -0.487 e. The molecule has 0 bridgehead atoms. The lowest BCUT2D eigenvalue weighted by molar-refractivity contribution is 0.107. The van der Waals surface area contributed by atoms with E-state index in [4.69, 9.17) is 39.5 Å². The molecular formula is C16H9Cl3O4. The van der Waals surface area contributed by atoms with Gasteiger partial charge >= 0.3 is 0 Å². The highest BCUT2D eigenvalue weighted by molar-refractivity contribution is 6.71. The van der Waals surface area contributed by atoms with Crippen LogP contribution in [-0.4, -0.2) is 15.7 Å². The van der Waals surface area contributed by atoms with E-state index in [2.05, 4.69) is 0 Å². The van der Waals surface area contributed by atoms with Crippen LogP contribution in [0.4, 0.5) is 0 Å². The molecule has 23 heavy (non-hydrogen) atoms. The van der Waals surface area contributed by atoms with Crippen molar-refractivity contribution in [3.05, 3.63) is 64.7 Å². The highest BCUT2D eigenvalue weighted by atomic mass is 35.5. The van der Waals surface area contributed by atoms with E-state index in [0.717, 1.165) is 17.7 Å². The lowest BCUT2D eigenvalue weighted by Gasteiger charge is -2.13. The normalized spacial score (nSPS) is 10.2. The average molecular weight is 372 g/mol. The Kier molecular flexibility index (Phi) is 5.77. The Morgan fingerprint density at radius 2 is 1.35 bits per heavy atom. The molecule has 2 aromatic carbocycles. The van der Waals surface area contributed by atoms with Gasteiger partial charge in [0, 0.05) is 5.56 Å². The zero-order valence-electron chi connectivity index (χ0n) is 11.5. The Morgan fingerprint density at radius 3 is 1.78 bits per heavy atom. The molecule has 2 rings (SSSR count). The van der Waals surface area contributed by atoms with Crippen LogP contribution >= 0.6 is 34.8 Å². The van der Waals surface area contributed by atoms with Gasteiger partial charge in [-0.3, -0.25) is 14.4 Å². The smallest absolute Gasteiger partial charge is 0.256 e. The molecule has 0 radical (unpaired) electrons. The van der Waals surface area contributed by atoms with Gasteiger partial charge in [-0.1, -0.05) is 30.3 Å². The molecule has 0 fully saturated rings. The molecule has 0 aliphatic heterocycles. The molecule has 118 valence electrons. The fourth-order valence-electron chi connectivity index (χ4n) is 1.92. The molecule has 0 aromatic heterocycles. The van der Waals surface area contributed by atoms with Gasteiger partial charge in [-0.25, -0.2) is 0 Å². The summed E-state index contributed by atoms with van der Waals surface area (Å²) in [7, 11) is 0. The van der Waals surface area contributed by atoms with Crippen molar-refractivity contribution in [1.29, 1.82) is 0 Å². The maximum absolute atomic E-state index is 11.6. The largest absolute Gasteiger partial charge is 0.487 e. The predicted octanol–water partition coefficient (Wildman–Crippen LogP) is 4.40. The first-order valence-electron chi connectivity index (χ1n) is 6.34. The number of rotatable bonds is 6. The van der Waals surface area contributed by atoms with Crippen molar-refractivity contribution >= 4 is 50.5 Å². The Balaban J connectivity index is 2.48. The molecule has 0 aliphatic rings. The average Bonchev–Trinajstić information content (AvgIpc) is 2.52. The van der Waals surface area contributed by atoms with Crippen LogP contribution in [0.1, 0.15) is 36.6 Å². The van der Waals surface area contributed by atoms with Crippen LogP contribution in [0.15, 0.2) is 42.5 Å². The first-order chi connectivity index (χ1) is 10.9. The predicted molar refractivity (Wildman–Crippen MR) is 87.8 cm³/mol. The number of carbonyl (C=O) groups excluding carboxylic acids is 3. The van der Waals surface area contributed by atoms with Crippen LogP contribution in [0.25, 0.3) is 0 Å². The number of hydrogen-bond donors (Lipinski definition) is 0.